The molecule has 0 saturated heterocycles. The highest BCUT2D eigenvalue weighted by Gasteiger charge is 2.12. The Bertz CT molecular complexity index is 360. The van der Waals surface area contributed by atoms with E-state index < -0.39 is 5.97 Å². The number of unbranched alkanes of at least 4 members (excludes halogenated alkanes) is 1. The fourth-order valence-electron chi connectivity index (χ4n) is 1.40. The molecule has 0 radical (unpaired) electrons. The molecule has 0 aliphatic rings. The summed E-state index contributed by atoms with van der Waals surface area (Å²) in [6, 6.07) is 5.03. The third-order valence-electron chi connectivity index (χ3n) is 2.24. The topological polar surface area (TPSA) is 66.8 Å². The first-order valence-corrected chi connectivity index (χ1v) is 5.23. The van der Waals surface area contributed by atoms with Crippen molar-refractivity contribution in [1.29, 1.82) is 0 Å². The van der Waals surface area contributed by atoms with Gasteiger partial charge in [-0.3, -0.25) is 0 Å². The van der Waals surface area contributed by atoms with Crippen LogP contribution in [0.3, 0.4) is 0 Å². The highest BCUT2D eigenvalue weighted by molar-refractivity contribution is 5.91. The predicted molar refractivity (Wildman–Crippen MR) is 60.0 cm³/mol. The molecule has 4 heteroatoms. The fourth-order valence-corrected chi connectivity index (χ4v) is 1.40. The number of benzene rings is 1. The van der Waals surface area contributed by atoms with Gasteiger partial charge in [0.1, 0.15) is 11.3 Å². The summed E-state index contributed by atoms with van der Waals surface area (Å²) in [6.07, 6.45) is 1.37. The molecule has 1 aromatic rings. The van der Waals surface area contributed by atoms with E-state index in [9.17, 15) is 4.79 Å². The highest BCUT2D eigenvalue weighted by atomic mass is 16.5. The van der Waals surface area contributed by atoms with E-state index in [0.29, 0.717) is 25.2 Å². The predicted octanol–water partition coefficient (Wildman–Crippen LogP) is 1.84. The van der Waals surface area contributed by atoms with Crippen LogP contribution in [0.2, 0.25) is 0 Å². The van der Waals surface area contributed by atoms with E-state index in [0.717, 1.165) is 5.56 Å². The fraction of sp³-hybridized carbons (Fsp3) is 0.417. The Morgan fingerprint density at radius 1 is 1.38 bits per heavy atom. The Kier molecular flexibility index (Phi) is 4.79. The van der Waals surface area contributed by atoms with Crippen molar-refractivity contribution in [3.63, 3.8) is 0 Å². The van der Waals surface area contributed by atoms with Gasteiger partial charge in [-0.2, -0.15) is 0 Å². The number of rotatable bonds is 6. The van der Waals surface area contributed by atoms with Crippen LogP contribution in [0, 0.1) is 6.92 Å². The van der Waals surface area contributed by atoms with Crippen molar-refractivity contribution in [1.82, 2.24) is 0 Å². The molecular weight excluding hydrogens is 208 g/mol. The van der Waals surface area contributed by atoms with Crippen LogP contribution in [-0.2, 0) is 0 Å². The van der Waals surface area contributed by atoms with E-state index in [2.05, 4.69) is 0 Å². The number of aryl methyl sites for hydroxylation is 1. The Hall–Kier alpha value is -1.55. The van der Waals surface area contributed by atoms with Gasteiger partial charge in [0.25, 0.3) is 0 Å². The van der Waals surface area contributed by atoms with Crippen LogP contribution < -0.4 is 4.74 Å². The number of hydrogen-bond donors (Lipinski definition) is 2. The van der Waals surface area contributed by atoms with E-state index in [4.69, 9.17) is 14.9 Å². The summed E-state index contributed by atoms with van der Waals surface area (Å²) in [4.78, 5) is 10.9. The van der Waals surface area contributed by atoms with Crippen molar-refractivity contribution in [2.45, 2.75) is 19.8 Å². The van der Waals surface area contributed by atoms with Gasteiger partial charge >= 0.3 is 5.97 Å². The second kappa shape index (κ2) is 6.12. The number of para-hydroxylation sites is 1. The molecule has 0 fully saturated rings. The number of aliphatic hydroxyl groups excluding tert-OH is 1. The van der Waals surface area contributed by atoms with Crippen molar-refractivity contribution >= 4 is 5.97 Å². The van der Waals surface area contributed by atoms with Crippen LogP contribution >= 0.6 is 0 Å². The zero-order valence-electron chi connectivity index (χ0n) is 9.27. The summed E-state index contributed by atoms with van der Waals surface area (Å²) in [5, 5.41) is 17.6. The third kappa shape index (κ3) is 3.24. The molecule has 88 valence electrons. The van der Waals surface area contributed by atoms with Gasteiger partial charge in [-0.1, -0.05) is 12.1 Å². The SMILES string of the molecule is Cc1cccc(C(=O)O)c1OCCCCO. The largest absolute Gasteiger partial charge is 0.492 e. The van der Waals surface area contributed by atoms with Crippen molar-refractivity contribution < 1.29 is 19.7 Å². The first-order valence-electron chi connectivity index (χ1n) is 5.23. The standard InChI is InChI=1S/C12H16O4/c1-9-5-4-6-10(12(14)15)11(9)16-8-3-2-7-13/h4-6,13H,2-3,7-8H2,1H3,(H,14,15). The number of aliphatic hydroxyl groups is 1. The third-order valence-corrected chi connectivity index (χ3v) is 2.24. The maximum atomic E-state index is 10.9. The van der Waals surface area contributed by atoms with Crippen molar-refractivity contribution in [2.24, 2.45) is 0 Å². The second-order valence-corrected chi connectivity index (χ2v) is 3.54. The van der Waals surface area contributed by atoms with Crippen molar-refractivity contribution in [2.75, 3.05) is 13.2 Å². The number of carboxylic acids is 1. The smallest absolute Gasteiger partial charge is 0.339 e. The molecule has 0 bridgehead atoms. The van der Waals surface area contributed by atoms with Gasteiger partial charge in [-0.05, 0) is 31.4 Å². The van der Waals surface area contributed by atoms with Gasteiger partial charge in [0.2, 0.25) is 0 Å². The molecule has 16 heavy (non-hydrogen) atoms. The van der Waals surface area contributed by atoms with Gasteiger partial charge in [-0.25, -0.2) is 4.79 Å². The number of ether oxygens (including phenoxy) is 1. The zero-order valence-corrected chi connectivity index (χ0v) is 9.27. The molecule has 0 spiro atoms. The highest BCUT2D eigenvalue weighted by Crippen LogP contribution is 2.23. The maximum Gasteiger partial charge on any atom is 0.339 e. The molecule has 0 saturated carbocycles. The van der Waals surface area contributed by atoms with Gasteiger partial charge in [0.15, 0.2) is 0 Å². The zero-order chi connectivity index (χ0) is 12.0. The van der Waals surface area contributed by atoms with E-state index >= 15 is 0 Å². The van der Waals surface area contributed by atoms with Gasteiger partial charge in [0, 0.05) is 6.61 Å². The van der Waals surface area contributed by atoms with Crippen LogP contribution in [0.1, 0.15) is 28.8 Å². The summed E-state index contributed by atoms with van der Waals surface area (Å²) in [5.41, 5.74) is 0.993. The maximum absolute atomic E-state index is 10.9. The monoisotopic (exact) mass is 224 g/mol. The van der Waals surface area contributed by atoms with Gasteiger partial charge < -0.3 is 14.9 Å². The van der Waals surface area contributed by atoms with E-state index in [1.807, 2.05) is 13.0 Å². The molecule has 0 aliphatic carbocycles. The Balaban J connectivity index is 2.73. The summed E-state index contributed by atoms with van der Waals surface area (Å²) < 4.78 is 5.44. The Morgan fingerprint density at radius 2 is 2.12 bits per heavy atom. The van der Waals surface area contributed by atoms with Crippen LogP contribution in [-0.4, -0.2) is 29.4 Å². The van der Waals surface area contributed by atoms with Crippen LogP contribution in [0.5, 0.6) is 5.75 Å². The minimum absolute atomic E-state index is 0.128. The molecule has 0 heterocycles. The lowest BCUT2D eigenvalue weighted by Gasteiger charge is -2.11. The molecular formula is C12H16O4. The summed E-state index contributed by atoms with van der Waals surface area (Å²) in [5.74, 6) is -0.561. The molecule has 0 unspecified atom stereocenters. The molecule has 0 aliphatic heterocycles. The quantitative estimate of drug-likeness (QED) is 0.723. The normalized spacial score (nSPS) is 10.1. The van der Waals surface area contributed by atoms with E-state index in [1.54, 1.807) is 6.07 Å². The summed E-state index contributed by atoms with van der Waals surface area (Å²) in [7, 11) is 0. The molecule has 0 amide bonds. The van der Waals surface area contributed by atoms with Crippen LogP contribution in [0.4, 0.5) is 0 Å². The van der Waals surface area contributed by atoms with Crippen molar-refractivity contribution in [3.8, 4) is 5.75 Å². The molecule has 0 aromatic heterocycles. The Labute approximate surface area is 94.5 Å². The van der Waals surface area contributed by atoms with Gasteiger partial charge in [0.05, 0.1) is 6.61 Å². The lowest BCUT2D eigenvalue weighted by molar-refractivity contribution is 0.0691. The number of carbonyl (C=O) groups is 1. The molecule has 4 nitrogen and oxygen atoms in total. The first-order chi connectivity index (χ1) is 7.66. The molecule has 0 atom stereocenters. The average Bonchev–Trinajstić information content (AvgIpc) is 2.25. The number of hydrogen-bond acceptors (Lipinski definition) is 3. The van der Waals surface area contributed by atoms with Gasteiger partial charge in [-0.15, -0.1) is 0 Å². The Morgan fingerprint density at radius 3 is 2.75 bits per heavy atom. The van der Waals surface area contributed by atoms with E-state index in [-0.39, 0.29) is 12.2 Å². The second-order valence-electron chi connectivity index (χ2n) is 3.54. The minimum atomic E-state index is -0.985. The van der Waals surface area contributed by atoms with E-state index in [1.165, 1.54) is 6.07 Å². The number of carboxylic acid groups (broad SMARTS) is 1. The van der Waals surface area contributed by atoms with Crippen LogP contribution in [0.25, 0.3) is 0 Å². The lowest BCUT2D eigenvalue weighted by Crippen LogP contribution is -2.06. The minimum Gasteiger partial charge on any atom is -0.492 e. The average molecular weight is 224 g/mol. The molecule has 2 N–H and O–H groups in total. The number of aromatic carboxylic acids is 1. The van der Waals surface area contributed by atoms with Crippen LogP contribution in [0.15, 0.2) is 18.2 Å². The lowest BCUT2D eigenvalue weighted by atomic mass is 10.1. The molecule has 1 aromatic carbocycles. The summed E-state index contributed by atoms with van der Waals surface area (Å²) >= 11 is 0. The van der Waals surface area contributed by atoms with Crippen molar-refractivity contribution in [3.05, 3.63) is 29.3 Å². The molecule has 1 rings (SSSR count). The first kappa shape index (κ1) is 12.5. The summed E-state index contributed by atoms with van der Waals surface area (Å²) in [6.45, 7) is 2.36.